The van der Waals surface area contributed by atoms with Gasteiger partial charge in [-0.25, -0.2) is 0 Å². The summed E-state index contributed by atoms with van der Waals surface area (Å²) in [5.41, 5.74) is -1.69. The van der Waals surface area contributed by atoms with Gasteiger partial charge in [0.1, 0.15) is 11.8 Å². The van der Waals surface area contributed by atoms with Crippen LogP contribution in [0.3, 0.4) is 0 Å². The van der Waals surface area contributed by atoms with Crippen LogP contribution in [-0.2, 0) is 12.6 Å². The summed E-state index contributed by atoms with van der Waals surface area (Å²) in [7, 11) is 0. The zero-order valence-corrected chi connectivity index (χ0v) is 7.84. The van der Waals surface area contributed by atoms with Crippen LogP contribution in [0.5, 0.6) is 5.75 Å². The zero-order chi connectivity index (χ0) is 12.3. The van der Waals surface area contributed by atoms with E-state index in [1.165, 1.54) is 0 Å². The van der Waals surface area contributed by atoms with Gasteiger partial charge in [-0.1, -0.05) is 0 Å². The number of phenols is 1. The van der Waals surface area contributed by atoms with Gasteiger partial charge in [0.15, 0.2) is 0 Å². The third-order valence-corrected chi connectivity index (χ3v) is 1.92. The van der Waals surface area contributed by atoms with Crippen LogP contribution >= 0.6 is 0 Å². The monoisotopic (exact) mass is 226 g/mol. The van der Waals surface area contributed by atoms with Gasteiger partial charge in [-0.15, -0.1) is 0 Å². The minimum atomic E-state index is -4.66. The lowest BCUT2D eigenvalue weighted by molar-refractivity contribution is -0.138. The Bertz CT molecular complexity index is 495. The number of nitrogens with zero attached hydrogens (tertiary/aromatic N) is 2. The van der Waals surface area contributed by atoms with Crippen LogP contribution in [0.4, 0.5) is 13.2 Å². The lowest BCUT2D eigenvalue weighted by Gasteiger charge is -2.11. The molecule has 0 heterocycles. The minimum Gasteiger partial charge on any atom is -0.507 e. The maximum atomic E-state index is 12.5. The Hall–Kier alpha value is -2.21. The van der Waals surface area contributed by atoms with Crippen molar-refractivity contribution in [3.8, 4) is 17.9 Å². The van der Waals surface area contributed by atoms with E-state index in [-0.39, 0.29) is 11.1 Å². The van der Waals surface area contributed by atoms with Crippen molar-refractivity contribution in [3.05, 3.63) is 28.8 Å². The third kappa shape index (κ3) is 2.23. The van der Waals surface area contributed by atoms with Gasteiger partial charge < -0.3 is 5.11 Å². The normalized spacial score (nSPS) is 10.6. The summed E-state index contributed by atoms with van der Waals surface area (Å²) in [5.74, 6) is -0.739. The first-order chi connectivity index (χ1) is 7.40. The average Bonchev–Trinajstić information content (AvgIpc) is 2.19. The summed E-state index contributed by atoms with van der Waals surface area (Å²) in [5, 5.41) is 26.1. The largest absolute Gasteiger partial charge is 0.507 e. The highest BCUT2D eigenvalue weighted by atomic mass is 19.4. The molecule has 0 aliphatic rings. The van der Waals surface area contributed by atoms with Crippen molar-refractivity contribution in [1.29, 1.82) is 10.5 Å². The molecule has 1 rings (SSSR count). The molecule has 1 aromatic carbocycles. The quantitative estimate of drug-likeness (QED) is 0.799. The van der Waals surface area contributed by atoms with Gasteiger partial charge in [-0.3, -0.25) is 0 Å². The maximum absolute atomic E-state index is 12.5. The van der Waals surface area contributed by atoms with Crippen molar-refractivity contribution in [2.75, 3.05) is 0 Å². The smallest absolute Gasteiger partial charge is 0.416 e. The molecule has 0 aliphatic heterocycles. The van der Waals surface area contributed by atoms with E-state index in [0.29, 0.717) is 6.07 Å². The Kier molecular flexibility index (Phi) is 3.05. The molecule has 6 heteroatoms. The summed E-state index contributed by atoms with van der Waals surface area (Å²) in [4.78, 5) is 0. The summed E-state index contributed by atoms with van der Waals surface area (Å²) in [6, 6.07) is 4.46. The van der Waals surface area contributed by atoms with E-state index >= 15 is 0 Å². The van der Waals surface area contributed by atoms with Crippen molar-refractivity contribution in [3.63, 3.8) is 0 Å². The summed E-state index contributed by atoms with van der Waals surface area (Å²) < 4.78 is 37.5. The first kappa shape index (κ1) is 11.9. The van der Waals surface area contributed by atoms with Crippen LogP contribution in [0.25, 0.3) is 0 Å². The molecule has 0 bridgehead atoms. The zero-order valence-electron chi connectivity index (χ0n) is 7.84. The fourth-order valence-electron chi connectivity index (χ4n) is 1.22. The average molecular weight is 226 g/mol. The molecule has 0 fully saturated rings. The van der Waals surface area contributed by atoms with Gasteiger partial charge in [-0.2, -0.15) is 23.7 Å². The molecule has 0 saturated heterocycles. The molecule has 16 heavy (non-hydrogen) atoms. The number of benzene rings is 1. The van der Waals surface area contributed by atoms with Crippen LogP contribution in [0, 0.1) is 22.7 Å². The predicted octanol–water partition coefficient (Wildman–Crippen LogP) is 2.35. The second-order valence-corrected chi connectivity index (χ2v) is 2.97. The Morgan fingerprint density at radius 2 is 1.88 bits per heavy atom. The van der Waals surface area contributed by atoms with Gasteiger partial charge >= 0.3 is 6.18 Å². The molecule has 0 aromatic heterocycles. The third-order valence-electron chi connectivity index (χ3n) is 1.92. The van der Waals surface area contributed by atoms with E-state index in [2.05, 4.69) is 0 Å². The fraction of sp³-hybridized carbons (Fsp3) is 0.200. The van der Waals surface area contributed by atoms with Gasteiger partial charge in [0.2, 0.25) is 0 Å². The molecule has 0 saturated carbocycles. The topological polar surface area (TPSA) is 67.8 Å². The van der Waals surface area contributed by atoms with E-state index in [9.17, 15) is 13.2 Å². The van der Waals surface area contributed by atoms with Gasteiger partial charge in [0.25, 0.3) is 0 Å². The lowest BCUT2D eigenvalue weighted by Crippen LogP contribution is -2.09. The number of nitriles is 2. The molecule has 82 valence electrons. The molecule has 3 nitrogen and oxygen atoms in total. The lowest BCUT2D eigenvalue weighted by atomic mass is 10.0. The first-order valence-corrected chi connectivity index (χ1v) is 4.10. The molecule has 0 amide bonds. The van der Waals surface area contributed by atoms with E-state index in [4.69, 9.17) is 15.6 Å². The highest BCUT2D eigenvalue weighted by molar-refractivity contribution is 5.49. The van der Waals surface area contributed by atoms with E-state index < -0.39 is 23.9 Å². The number of hydrogen-bond acceptors (Lipinski definition) is 3. The van der Waals surface area contributed by atoms with Crippen LogP contribution in [-0.4, -0.2) is 5.11 Å². The Balaban J connectivity index is 3.45. The van der Waals surface area contributed by atoms with Gasteiger partial charge in [0, 0.05) is 0 Å². The second-order valence-electron chi connectivity index (χ2n) is 2.97. The van der Waals surface area contributed by atoms with Gasteiger partial charge in [-0.05, 0) is 17.7 Å². The first-order valence-electron chi connectivity index (χ1n) is 4.10. The van der Waals surface area contributed by atoms with Crippen molar-refractivity contribution in [2.24, 2.45) is 0 Å². The Labute approximate surface area is 89.0 Å². The van der Waals surface area contributed by atoms with E-state index in [1.54, 1.807) is 12.1 Å². The minimum absolute atomic E-state index is 0.279. The molecule has 0 radical (unpaired) electrons. The summed E-state index contributed by atoms with van der Waals surface area (Å²) in [6.45, 7) is 0. The van der Waals surface area contributed by atoms with E-state index in [1.807, 2.05) is 0 Å². The van der Waals surface area contributed by atoms with Gasteiger partial charge in [0.05, 0.1) is 23.6 Å². The number of rotatable bonds is 1. The van der Waals surface area contributed by atoms with E-state index in [0.717, 1.165) is 6.07 Å². The van der Waals surface area contributed by atoms with Crippen molar-refractivity contribution in [2.45, 2.75) is 12.6 Å². The number of halogens is 3. The van der Waals surface area contributed by atoms with Crippen LogP contribution in [0.2, 0.25) is 0 Å². The van der Waals surface area contributed by atoms with Crippen LogP contribution < -0.4 is 0 Å². The highest BCUT2D eigenvalue weighted by Gasteiger charge is 2.34. The summed E-state index contributed by atoms with van der Waals surface area (Å²) in [6.07, 6.45) is -5.12. The number of hydrogen-bond donors (Lipinski definition) is 1. The standard InChI is InChI=1S/C10H5F3N2O/c11-10(12,13)8-4-9(16)7(5-15)3-6(8)1-2-14/h3-4,16H,1H2. The Morgan fingerprint density at radius 1 is 1.25 bits per heavy atom. The van der Waals surface area contributed by atoms with Crippen molar-refractivity contribution in [1.82, 2.24) is 0 Å². The summed E-state index contributed by atoms with van der Waals surface area (Å²) >= 11 is 0. The van der Waals surface area contributed by atoms with Crippen LogP contribution in [0.15, 0.2) is 12.1 Å². The molecular formula is C10H5F3N2O. The number of alkyl halides is 3. The van der Waals surface area contributed by atoms with Crippen molar-refractivity contribution < 1.29 is 18.3 Å². The van der Waals surface area contributed by atoms with Crippen molar-refractivity contribution >= 4 is 0 Å². The molecule has 1 N–H and O–H groups in total. The number of phenolic OH excluding ortho intramolecular Hbond substituents is 1. The molecule has 0 spiro atoms. The SMILES string of the molecule is N#CCc1cc(C#N)c(O)cc1C(F)(F)F. The molecular weight excluding hydrogens is 221 g/mol. The maximum Gasteiger partial charge on any atom is 0.416 e. The van der Waals surface area contributed by atoms with Crippen LogP contribution in [0.1, 0.15) is 16.7 Å². The molecule has 0 aliphatic carbocycles. The highest BCUT2D eigenvalue weighted by Crippen LogP contribution is 2.35. The number of aromatic hydroxyl groups is 1. The molecule has 0 atom stereocenters. The molecule has 0 unspecified atom stereocenters. The fourth-order valence-corrected chi connectivity index (χ4v) is 1.22. The Morgan fingerprint density at radius 3 is 2.31 bits per heavy atom. The second kappa shape index (κ2) is 4.11. The molecule has 1 aromatic rings. The predicted molar refractivity (Wildman–Crippen MR) is 47.1 cm³/mol.